The molecule has 1 atom stereocenters. The van der Waals surface area contributed by atoms with Gasteiger partial charge in [-0.3, -0.25) is 4.79 Å². The summed E-state index contributed by atoms with van der Waals surface area (Å²) in [5.41, 5.74) is -0.162. The molecule has 1 spiro atoms. The Kier molecular flexibility index (Phi) is 5.80. The van der Waals surface area contributed by atoms with Crippen molar-refractivity contribution < 1.29 is 19.1 Å². The van der Waals surface area contributed by atoms with Gasteiger partial charge >= 0.3 is 6.09 Å². The lowest BCUT2D eigenvalue weighted by atomic mass is 9.60. The highest BCUT2D eigenvalue weighted by atomic mass is 16.6. The van der Waals surface area contributed by atoms with Crippen molar-refractivity contribution in [3.05, 3.63) is 0 Å². The Balaban J connectivity index is 1.39. The van der Waals surface area contributed by atoms with E-state index in [4.69, 9.17) is 9.47 Å². The van der Waals surface area contributed by atoms with Gasteiger partial charge < -0.3 is 19.7 Å². The molecule has 2 saturated heterocycles. The van der Waals surface area contributed by atoms with Gasteiger partial charge in [0.05, 0.1) is 0 Å². The van der Waals surface area contributed by atoms with Crippen LogP contribution < -0.4 is 5.32 Å². The number of amides is 2. The molecule has 0 aromatic carbocycles. The molecule has 148 valence electrons. The predicted molar refractivity (Wildman–Crippen MR) is 98.8 cm³/mol. The molecule has 3 fully saturated rings. The molecule has 6 heteroatoms. The summed E-state index contributed by atoms with van der Waals surface area (Å²) in [6.45, 7) is 8.66. The number of nitrogens with one attached hydrogen (secondary N) is 1. The first-order valence-electron chi connectivity index (χ1n) is 10.1. The summed E-state index contributed by atoms with van der Waals surface area (Å²) in [4.78, 5) is 26.4. The van der Waals surface area contributed by atoms with Crippen LogP contribution in [0.25, 0.3) is 0 Å². The van der Waals surface area contributed by atoms with Crippen molar-refractivity contribution in [2.45, 2.75) is 77.4 Å². The zero-order valence-corrected chi connectivity index (χ0v) is 16.5. The number of hydrogen-bond acceptors (Lipinski definition) is 4. The van der Waals surface area contributed by atoms with E-state index in [1.807, 2.05) is 20.8 Å². The van der Waals surface area contributed by atoms with E-state index in [1.165, 1.54) is 6.42 Å². The first-order chi connectivity index (χ1) is 12.3. The number of piperidine rings is 1. The lowest BCUT2D eigenvalue weighted by Gasteiger charge is -2.52. The van der Waals surface area contributed by atoms with Gasteiger partial charge in [0.1, 0.15) is 5.60 Å². The minimum atomic E-state index is -0.462. The minimum absolute atomic E-state index is 0.177. The Labute approximate surface area is 157 Å². The van der Waals surface area contributed by atoms with Crippen LogP contribution in [-0.4, -0.2) is 54.8 Å². The van der Waals surface area contributed by atoms with E-state index >= 15 is 0 Å². The van der Waals surface area contributed by atoms with Crippen LogP contribution in [0, 0.1) is 11.3 Å². The third kappa shape index (κ3) is 4.70. The summed E-state index contributed by atoms with van der Waals surface area (Å²) in [6.07, 6.45) is 6.55. The normalized spacial score (nSPS) is 26.3. The summed E-state index contributed by atoms with van der Waals surface area (Å²) in [6, 6.07) is 0.334. The first kappa shape index (κ1) is 19.5. The van der Waals surface area contributed by atoms with Crippen molar-refractivity contribution in [1.82, 2.24) is 10.2 Å². The second-order valence-electron chi connectivity index (χ2n) is 9.25. The summed E-state index contributed by atoms with van der Waals surface area (Å²) in [7, 11) is 0. The van der Waals surface area contributed by atoms with Crippen molar-refractivity contribution in [2.24, 2.45) is 11.3 Å². The molecule has 1 unspecified atom stereocenters. The van der Waals surface area contributed by atoms with Gasteiger partial charge in [-0.1, -0.05) is 0 Å². The Hall–Kier alpha value is -1.30. The van der Waals surface area contributed by atoms with E-state index < -0.39 is 5.60 Å². The average Bonchev–Trinajstić information content (AvgIpc) is 2.59. The zero-order chi connectivity index (χ0) is 18.8. The number of ether oxygens (including phenoxy) is 2. The molecule has 0 aromatic rings. The maximum Gasteiger partial charge on any atom is 0.410 e. The van der Waals surface area contributed by atoms with Gasteiger partial charge in [0, 0.05) is 38.8 Å². The lowest BCUT2D eigenvalue weighted by molar-refractivity contribution is -0.128. The van der Waals surface area contributed by atoms with E-state index in [0.29, 0.717) is 36.9 Å². The van der Waals surface area contributed by atoms with Crippen LogP contribution >= 0.6 is 0 Å². The van der Waals surface area contributed by atoms with E-state index in [2.05, 4.69) is 5.32 Å². The lowest BCUT2D eigenvalue weighted by Crippen LogP contribution is -2.57. The monoisotopic (exact) mass is 366 g/mol. The fourth-order valence-electron chi connectivity index (χ4n) is 4.46. The highest BCUT2D eigenvalue weighted by molar-refractivity contribution is 5.77. The smallest absolute Gasteiger partial charge is 0.410 e. The van der Waals surface area contributed by atoms with Gasteiger partial charge in [-0.05, 0) is 70.6 Å². The summed E-state index contributed by atoms with van der Waals surface area (Å²) in [5.74, 6) is 0.538. The third-order valence-electron chi connectivity index (χ3n) is 6.23. The molecule has 0 aromatic heterocycles. The standard InChI is InChI=1S/C20H34N2O4/c1-19(2,3)26-18(24)22-10-5-15(6-11-22)14-17(23)21-16-4-7-20(16)8-12-25-13-9-20/h15-16H,4-14H2,1-3H3,(H,21,23). The van der Waals surface area contributed by atoms with E-state index in [0.717, 1.165) is 45.3 Å². The Morgan fingerprint density at radius 1 is 1.12 bits per heavy atom. The van der Waals surface area contributed by atoms with E-state index in [-0.39, 0.29) is 12.0 Å². The van der Waals surface area contributed by atoms with E-state index in [1.54, 1.807) is 4.90 Å². The Morgan fingerprint density at radius 2 is 1.77 bits per heavy atom. The fraction of sp³-hybridized carbons (Fsp3) is 0.900. The molecule has 1 saturated carbocycles. The van der Waals surface area contributed by atoms with Crippen LogP contribution in [0.5, 0.6) is 0 Å². The molecule has 2 aliphatic heterocycles. The van der Waals surface area contributed by atoms with Crippen LogP contribution in [0.4, 0.5) is 4.79 Å². The molecule has 2 amide bonds. The second kappa shape index (κ2) is 7.75. The molecule has 6 nitrogen and oxygen atoms in total. The van der Waals surface area contributed by atoms with Crippen molar-refractivity contribution in [3.8, 4) is 0 Å². The highest BCUT2D eigenvalue weighted by Crippen LogP contribution is 2.48. The molecule has 3 aliphatic rings. The van der Waals surface area contributed by atoms with Gasteiger partial charge in [0.25, 0.3) is 0 Å². The van der Waals surface area contributed by atoms with Crippen LogP contribution in [0.2, 0.25) is 0 Å². The van der Waals surface area contributed by atoms with Gasteiger partial charge in [0.2, 0.25) is 5.91 Å². The van der Waals surface area contributed by atoms with Crippen molar-refractivity contribution in [3.63, 3.8) is 0 Å². The molecule has 1 aliphatic carbocycles. The molecule has 2 heterocycles. The quantitative estimate of drug-likeness (QED) is 0.833. The predicted octanol–water partition coefficient (Wildman–Crippen LogP) is 3.10. The molecule has 26 heavy (non-hydrogen) atoms. The number of rotatable bonds is 3. The fourth-order valence-corrected chi connectivity index (χ4v) is 4.46. The first-order valence-corrected chi connectivity index (χ1v) is 10.1. The average molecular weight is 367 g/mol. The second-order valence-corrected chi connectivity index (χ2v) is 9.25. The largest absolute Gasteiger partial charge is 0.444 e. The van der Waals surface area contributed by atoms with Crippen LogP contribution in [0.15, 0.2) is 0 Å². The summed E-state index contributed by atoms with van der Waals surface area (Å²) >= 11 is 0. The van der Waals surface area contributed by atoms with Crippen LogP contribution in [-0.2, 0) is 14.3 Å². The maximum atomic E-state index is 12.5. The van der Waals surface area contributed by atoms with Gasteiger partial charge in [-0.25, -0.2) is 4.79 Å². The summed E-state index contributed by atoms with van der Waals surface area (Å²) in [5, 5.41) is 3.29. The number of hydrogen-bond donors (Lipinski definition) is 1. The number of carbonyl (C=O) groups excluding carboxylic acids is 2. The molecular weight excluding hydrogens is 332 g/mol. The zero-order valence-electron chi connectivity index (χ0n) is 16.5. The third-order valence-corrected chi connectivity index (χ3v) is 6.23. The molecule has 3 rings (SSSR count). The topological polar surface area (TPSA) is 67.9 Å². The molecule has 1 N–H and O–H groups in total. The van der Waals surface area contributed by atoms with Crippen molar-refractivity contribution in [1.29, 1.82) is 0 Å². The maximum absolute atomic E-state index is 12.5. The number of nitrogens with zero attached hydrogens (tertiary/aromatic N) is 1. The van der Waals surface area contributed by atoms with Crippen LogP contribution in [0.3, 0.4) is 0 Å². The van der Waals surface area contributed by atoms with Gasteiger partial charge in [-0.2, -0.15) is 0 Å². The van der Waals surface area contributed by atoms with Crippen molar-refractivity contribution >= 4 is 12.0 Å². The minimum Gasteiger partial charge on any atom is -0.444 e. The molecular formula is C20H34N2O4. The highest BCUT2D eigenvalue weighted by Gasteiger charge is 2.48. The number of likely N-dealkylation sites (tertiary alicyclic amines) is 1. The molecule has 0 radical (unpaired) electrons. The number of carbonyl (C=O) groups is 2. The van der Waals surface area contributed by atoms with Gasteiger partial charge in [0.15, 0.2) is 0 Å². The molecule has 0 bridgehead atoms. The Bertz CT molecular complexity index is 514. The van der Waals surface area contributed by atoms with Crippen molar-refractivity contribution in [2.75, 3.05) is 26.3 Å². The van der Waals surface area contributed by atoms with Gasteiger partial charge in [-0.15, -0.1) is 0 Å². The van der Waals surface area contributed by atoms with E-state index in [9.17, 15) is 9.59 Å². The summed E-state index contributed by atoms with van der Waals surface area (Å²) < 4.78 is 10.9. The Morgan fingerprint density at radius 3 is 2.31 bits per heavy atom. The SMILES string of the molecule is CC(C)(C)OC(=O)N1CCC(CC(=O)NC2CCC23CCOCC3)CC1. The van der Waals surface area contributed by atoms with Crippen LogP contribution in [0.1, 0.15) is 65.7 Å².